The molecule has 1 aliphatic carbocycles. The zero-order valence-electron chi connectivity index (χ0n) is 13.9. The Hall–Kier alpha value is -1.86. The van der Waals surface area contributed by atoms with E-state index in [-0.39, 0.29) is 11.7 Å². The molecule has 7 heteroatoms. The number of fused-ring (bicyclic) bond motifs is 1. The van der Waals surface area contributed by atoms with Crippen molar-refractivity contribution >= 4 is 55.0 Å². The van der Waals surface area contributed by atoms with Gasteiger partial charge in [0, 0.05) is 33.9 Å². The van der Waals surface area contributed by atoms with Crippen LogP contribution in [0, 0.1) is 0 Å². The number of carbonyl (C=O) groups is 1. The Morgan fingerprint density at radius 1 is 1.27 bits per heavy atom. The minimum Gasteiger partial charge on any atom is -0.450 e. The van der Waals surface area contributed by atoms with E-state index in [4.69, 9.17) is 4.42 Å². The highest BCUT2D eigenvalue weighted by Crippen LogP contribution is 2.31. The lowest BCUT2D eigenvalue weighted by molar-refractivity contribution is 0.0929. The molecule has 1 saturated carbocycles. The van der Waals surface area contributed by atoms with Gasteiger partial charge in [-0.3, -0.25) is 4.79 Å². The SMILES string of the molecule is O=C(N/N=C\c1ccn(C2CCCC2)c1)c1cc2cc(Br)cc(Br)c2o1. The average molecular weight is 479 g/mol. The molecular formula is C19H17Br2N3O2. The molecule has 1 fully saturated rings. The van der Waals surface area contributed by atoms with Crippen LogP contribution in [0.3, 0.4) is 0 Å². The number of amides is 1. The fourth-order valence-corrected chi connectivity index (χ4v) is 4.68. The topological polar surface area (TPSA) is 59.5 Å². The van der Waals surface area contributed by atoms with E-state index in [0.29, 0.717) is 11.6 Å². The highest BCUT2D eigenvalue weighted by atomic mass is 79.9. The fourth-order valence-electron chi connectivity index (χ4n) is 3.34. The van der Waals surface area contributed by atoms with E-state index in [1.165, 1.54) is 25.7 Å². The molecule has 2 heterocycles. The summed E-state index contributed by atoms with van der Waals surface area (Å²) in [6, 6.07) is 8.08. The van der Waals surface area contributed by atoms with Gasteiger partial charge < -0.3 is 8.98 Å². The summed E-state index contributed by atoms with van der Waals surface area (Å²) in [6.07, 6.45) is 10.9. The maximum Gasteiger partial charge on any atom is 0.307 e. The molecule has 0 radical (unpaired) electrons. The van der Waals surface area contributed by atoms with Crippen molar-refractivity contribution in [1.29, 1.82) is 0 Å². The van der Waals surface area contributed by atoms with Crippen molar-refractivity contribution in [2.75, 3.05) is 0 Å². The van der Waals surface area contributed by atoms with Gasteiger partial charge in [-0.15, -0.1) is 0 Å². The van der Waals surface area contributed by atoms with Gasteiger partial charge in [-0.1, -0.05) is 28.8 Å². The first-order valence-corrected chi connectivity index (χ1v) is 10.1. The summed E-state index contributed by atoms with van der Waals surface area (Å²) in [7, 11) is 0. The van der Waals surface area contributed by atoms with E-state index in [0.717, 1.165) is 19.9 Å². The zero-order chi connectivity index (χ0) is 18.1. The summed E-state index contributed by atoms with van der Waals surface area (Å²) < 4.78 is 9.57. The molecule has 0 saturated heterocycles. The molecule has 1 amide bonds. The zero-order valence-corrected chi connectivity index (χ0v) is 17.1. The lowest BCUT2D eigenvalue weighted by Gasteiger charge is -2.10. The van der Waals surface area contributed by atoms with Crippen molar-refractivity contribution in [3.8, 4) is 0 Å². The molecule has 3 aromatic rings. The molecule has 0 aliphatic heterocycles. The molecule has 5 nitrogen and oxygen atoms in total. The summed E-state index contributed by atoms with van der Waals surface area (Å²) in [5.74, 6) is -0.157. The molecule has 1 aromatic carbocycles. The first-order valence-electron chi connectivity index (χ1n) is 8.49. The standard InChI is InChI=1S/C19H17Br2N3O2/c20-14-7-13-8-17(26-18(13)16(21)9-14)19(25)23-22-10-12-5-6-24(11-12)15-3-1-2-4-15/h5-11,15H,1-4H2,(H,23,25)/b22-10-. The number of rotatable bonds is 4. The Kier molecular flexibility index (Phi) is 5.00. The van der Waals surface area contributed by atoms with Crippen LogP contribution in [0.1, 0.15) is 47.8 Å². The van der Waals surface area contributed by atoms with Crippen LogP contribution in [0.2, 0.25) is 0 Å². The Bertz CT molecular complexity index is 984. The molecule has 0 spiro atoms. The van der Waals surface area contributed by atoms with Gasteiger partial charge in [0.25, 0.3) is 0 Å². The van der Waals surface area contributed by atoms with Gasteiger partial charge in [-0.05, 0) is 53.0 Å². The third-order valence-electron chi connectivity index (χ3n) is 4.62. The highest BCUT2D eigenvalue weighted by molar-refractivity contribution is 9.11. The van der Waals surface area contributed by atoms with Crippen LogP contribution in [0.4, 0.5) is 0 Å². The van der Waals surface area contributed by atoms with E-state index in [2.05, 4.69) is 59.3 Å². The van der Waals surface area contributed by atoms with Gasteiger partial charge in [-0.2, -0.15) is 5.10 Å². The largest absolute Gasteiger partial charge is 0.450 e. The number of halogens is 2. The van der Waals surface area contributed by atoms with Gasteiger partial charge in [0.2, 0.25) is 0 Å². The second-order valence-corrected chi connectivity index (χ2v) is 8.22. The predicted octanol–water partition coefficient (Wildman–Crippen LogP) is 5.64. The Labute approximate surface area is 167 Å². The summed E-state index contributed by atoms with van der Waals surface area (Å²) in [4.78, 5) is 12.3. The predicted molar refractivity (Wildman–Crippen MR) is 109 cm³/mol. The molecule has 0 atom stereocenters. The Balaban J connectivity index is 1.43. The Morgan fingerprint density at radius 2 is 2.08 bits per heavy atom. The van der Waals surface area contributed by atoms with Crippen molar-refractivity contribution < 1.29 is 9.21 Å². The monoisotopic (exact) mass is 477 g/mol. The van der Waals surface area contributed by atoms with E-state index in [1.807, 2.05) is 18.2 Å². The minimum atomic E-state index is -0.379. The number of hydrogen-bond donors (Lipinski definition) is 1. The maximum absolute atomic E-state index is 12.3. The number of furan rings is 1. The van der Waals surface area contributed by atoms with E-state index in [9.17, 15) is 4.79 Å². The van der Waals surface area contributed by atoms with Crippen LogP contribution in [-0.4, -0.2) is 16.7 Å². The minimum absolute atomic E-state index is 0.222. The number of hydrogen-bond acceptors (Lipinski definition) is 3. The van der Waals surface area contributed by atoms with E-state index >= 15 is 0 Å². The molecule has 1 N–H and O–H groups in total. The third kappa shape index (κ3) is 3.64. The number of benzene rings is 1. The molecule has 4 rings (SSSR count). The lowest BCUT2D eigenvalue weighted by atomic mass is 10.2. The number of hydrazone groups is 1. The van der Waals surface area contributed by atoms with Crippen LogP contribution in [0.25, 0.3) is 11.0 Å². The smallest absolute Gasteiger partial charge is 0.307 e. The van der Waals surface area contributed by atoms with Gasteiger partial charge in [0.15, 0.2) is 5.76 Å². The molecule has 2 aromatic heterocycles. The van der Waals surface area contributed by atoms with Crippen molar-refractivity contribution in [1.82, 2.24) is 9.99 Å². The first-order chi connectivity index (χ1) is 12.6. The molecule has 26 heavy (non-hydrogen) atoms. The quantitative estimate of drug-likeness (QED) is 0.389. The third-order valence-corrected chi connectivity index (χ3v) is 5.67. The summed E-state index contributed by atoms with van der Waals surface area (Å²) >= 11 is 6.86. The van der Waals surface area contributed by atoms with Crippen LogP contribution in [-0.2, 0) is 0 Å². The molecule has 0 unspecified atom stereocenters. The average Bonchev–Trinajstić information content (AvgIpc) is 3.34. The van der Waals surface area contributed by atoms with Gasteiger partial charge in [0.1, 0.15) is 5.58 Å². The van der Waals surface area contributed by atoms with E-state index in [1.54, 1.807) is 12.3 Å². The molecule has 0 bridgehead atoms. The van der Waals surface area contributed by atoms with E-state index < -0.39 is 0 Å². The second-order valence-electron chi connectivity index (χ2n) is 6.45. The number of aromatic nitrogens is 1. The van der Waals surface area contributed by atoms with Crippen molar-refractivity contribution in [3.63, 3.8) is 0 Å². The highest BCUT2D eigenvalue weighted by Gasteiger charge is 2.16. The van der Waals surface area contributed by atoms with Crippen molar-refractivity contribution in [2.24, 2.45) is 5.10 Å². The van der Waals surface area contributed by atoms with Crippen LogP contribution < -0.4 is 5.43 Å². The lowest BCUT2D eigenvalue weighted by Crippen LogP contribution is -2.16. The summed E-state index contributed by atoms with van der Waals surface area (Å²) in [6.45, 7) is 0. The maximum atomic E-state index is 12.3. The van der Waals surface area contributed by atoms with Crippen LogP contribution in [0.15, 0.2) is 55.1 Å². The molecule has 1 aliphatic rings. The number of nitrogens with zero attached hydrogens (tertiary/aromatic N) is 2. The molecule has 134 valence electrons. The van der Waals surface area contributed by atoms with Gasteiger partial charge in [0.05, 0.1) is 10.7 Å². The van der Waals surface area contributed by atoms with Crippen molar-refractivity contribution in [3.05, 3.63) is 56.9 Å². The summed E-state index contributed by atoms with van der Waals surface area (Å²) in [5.41, 5.74) is 4.12. The van der Waals surface area contributed by atoms with Crippen molar-refractivity contribution in [2.45, 2.75) is 31.7 Å². The van der Waals surface area contributed by atoms with Gasteiger partial charge >= 0.3 is 5.91 Å². The molecular weight excluding hydrogens is 462 g/mol. The second kappa shape index (κ2) is 7.40. The normalized spacial score (nSPS) is 15.3. The Morgan fingerprint density at radius 3 is 2.88 bits per heavy atom. The number of carbonyl (C=O) groups excluding carboxylic acids is 1. The fraction of sp³-hybridized carbons (Fsp3) is 0.263. The van der Waals surface area contributed by atoms with Crippen LogP contribution >= 0.6 is 31.9 Å². The number of nitrogens with one attached hydrogen (secondary N) is 1. The first kappa shape index (κ1) is 17.5. The summed E-state index contributed by atoms with van der Waals surface area (Å²) in [5, 5.41) is 4.89. The van der Waals surface area contributed by atoms with Crippen LogP contribution in [0.5, 0.6) is 0 Å². The van der Waals surface area contributed by atoms with Gasteiger partial charge in [-0.25, -0.2) is 5.43 Å².